The molecule has 1 rings (SSSR count). The van der Waals surface area contributed by atoms with Gasteiger partial charge in [0.05, 0.1) is 0 Å². The molecule has 1 saturated carbocycles. The largest absolute Gasteiger partial charge is 0.328 e. The molecule has 0 aliphatic heterocycles. The van der Waals surface area contributed by atoms with Crippen LogP contribution in [-0.2, 0) is 0 Å². The van der Waals surface area contributed by atoms with Crippen LogP contribution < -0.4 is 5.73 Å². The Hall–Kier alpha value is -0.0400. The maximum atomic E-state index is 6.01. The highest BCUT2D eigenvalue weighted by Gasteiger charge is 2.15. The average molecular weight is 197 g/mol. The summed E-state index contributed by atoms with van der Waals surface area (Å²) in [5.41, 5.74) is 6.01. The lowest BCUT2D eigenvalue weighted by Crippen LogP contribution is -2.26. The zero-order chi connectivity index (χ0) is 10.4. The van der Waals surface area contributed by atoms with Gasteiger partial charge < -0.3 is 5.73 Å². The summed E-state index contributed by atoms with van der Waals surface area (Å²) in [5.74, 6) is 1.74. The van der Waals surface area contributed by atoms with Crippen LogP contribution in [0.4, 0.5) is 0 Å². The van der Waals surface area contributed by atoms with Crippen molar-refractivity contribution in [3.63, 3.8) is 0 Å². The topological polar surface area (TPSA) is 26.0 Å². The lowest BCUT2D eigenvalue weighted by Gasteiger charge is -2.23. The van der Waals surface area contributed by atoms with E-state index in [1.165, 1.54) is 51.4 Å². The second kappa shape index (κ2) is 6.44. The van der Waals surface area contributed by atoms with E-state index in [1.54, 1.807) is 0 Å². The third kappa shape index (κ3) is 4.45. The molecule has 0 aromatic heterocycles. The highest BCUT2D eigenvalue weighted by Crippen LogP contribution is 2.25. The van der Waals surface area contributed by atoms with Gasteiger partial charge in [-0.3, -0.25) is 0 Å². The van der Waals surface area contributed by atoms with E-state index in [0.717, 1.165) is 11.8 Å². The highest BCUT2D eigenvalue weighted by molar-refractivity contribution is 4.71. The Labute approximate surface area is 89.5 Å². The van der Waals surface area contributed by atoms with Gasteiger partial charge in [-0.2, -0.15) is 0 Å². The van der Waals surface area contributed by atoms with Gasteiger partial charge in [-0.15, -0.1) is 0 Å². The molecule has 3 atom stereocenters. The van der Waals surface area contributed by atoms with Crippen LogP contribution in [0.15, 0.2) is 0 Å². The SMILES string of the molecule is CC1CCCCCC(C(C)N)CCC1. The summed E-state index contributed by atoms with van der Waals surface area (Å²) >= 11 is 0. The highest BCUT2D eigenvalue weighted by atomic mass is 14.6. The minimum atomic E-state index is 0.407. The third-order valence-electron chi connectivity index (χ3n) is 3.79. The number of hydrogen-bond acceptors (Lipinski definition) is 1. The zero-order valence-corrected chi connectivity index (χ0v) is 9.97. The molecule has 84 valence electrons. The molecule has 2 N–H and O–H groups in total. The number of hydrogen-bond donors (Lipinski definition) is 1. The average Bonchev–Trinajstić information content (AvgIpc) is 2.15. The summed E-state index contributed by atoms with van der Waals surface area (Å²) in [6, 6.07) is 0.407. The van der Waals surface area contributed by atoms with Gasteiger partial charge in [0.25, 0.3) is 0 Å². The molecule has 0 saturated heterocycles. The first-order valence-electron chi connectivity index (χ1n) is 6.45. The van der Waals surface area contributed by atoms with E-state index in [9.17, 15) is 0 Å². The van der Waals surface area contributed by atoms with Crippen molar-refractivity contribution in [1.29, 1.82) is 0 Å². The summed E-state index contributed by atoms with van der Waals surface area (Å²) in [4.78, 5) is 0. The van der Waals surface area contributed by atoms with Crippen molar-refractivity contribution in [2.24, 2.45) is 17.6 Å². The van der Waals surface area contributed by atoms with Crippen LogP contribution in [0.2, 0.25) is 0 Å². The molecule has 0 amide bonds. The van der Waals surface area contributed by atoms with E-state index >= 15 is 0 Å². The first kappa shape index (κ1) is 12.0. The molecule has 0 spiro atoms. The molecule has 1 aliphatic rings. The molecule has 1 aliphatic carbocycles. The van der Waals surface area contributed by atoms with Crippen molar-refractivity contribution in [1.82, 2.24) is 0 Å². The second-order valence-electron chi connectivity index (χ2n) is 5.29. The van der Waals surface area contributed by atoms with Gasteiger partial charge >= 0.3 is 0 Å². The van der Waals surface area contributed by atoms with E-state index in [4.69, 9.17) is 5.73 Å². The van der Waals surface area contributed by atoms with Gasteiger partial charge in [0.15, 0.2) is 0 Å². The molecule has 14 heavy (non-hydrogen) atoms. The zero-order valence-electron chi connectivity index (χ0n) is 9.97. The summed E-state index contributed by atoms with van der Waals surface area (Å²) in [7, 11) is 0. The Morgan fingerprint density at radius 3 is 2.21 bits per heavy atom. The Balaban J connectivity index is 2.33. The van der Waals surface area contributed by atoms with E-state index in [2.05, 4.69) is 13.8 Å². The van der Waals surface area contributed by atoms with Crippen LogP contribution in [-0.4, -0.2) is 6.04 Å². The van der Waals surface area contributed by atoms with Crippen molar-refractivity contribution in [2.45, 2.75) is 71.3 Å². The van der Waals surface area contributed by atoms with Gasteiger partial charge in [-0.05, 0) is 31.6 Å². The van der Waals surface area contributed by atoms with Gasteiger partial charge in [0, 0.05) is 6.04 Å². The number of rotatable bonds is 1. The molecule has 0 radical (unpaired) electrons. The molecule has 3 unspecified atom stereocenters. The minimum absolute atomic E-state index is 0.407. The second-order valence-corrected chi connectivity index (χ2v) is 5.29. The van der Waals surface area contributed by atoms with E-state index in [0.29, 0.717) is 6.04 Å². The quantitative estimate of drug-likeness (QED) is 0.681. The molecule has 1 nitrogen and oxygen atoms in total. The van der Waals surface area contributed by atoms with Gasteiger partial charge in [0.2, 0.25) is 0 Å². The normalized spacial score (nSPS) is 33.6. The lowest BCUT2D eigenvalue weighted by molar-refractivity contribution is 0.321. The van der Waals surface area contributed by atoms with E-state index in [1.807, 2.05) is 0 Å². The van der Waals surface area contributed by atoms with Crippen molar-refractivity contribution < 1.29 is 0 Å². The molecule has 1 fully saturated rings. The summed E-state index contributed by atoms with van der Waals surface area (Å²) in [5, 5.41) is 0. The van der Waals surface area contributed by atoms with Crippen molar-refractivity contribution in [3.05, 3.63) is 0 Å². The summed E-state index contributed by atoms with van der Waals surface area (Å²) < 4.78 is 0. The standard InChI is InChI=1S/C13H27N/c1-11-7-4-3-5-9-13(12(2)14)10-6-8-11/h11-13H,3-10,14H2,1-2H3. The number of nitrogens with two attached hydrogens (primary N) is 1. The van der Waals surface area contributed by atoms with Crippen LogP contribution in [0.1, 0.15) is 65.2 Å². The first-order valence-corrected chi connectivity index (χ1v) is 6.45. The van der Waals surface area contributed by atoms with Crippen LogP contribution >= 0.6 is 0 Å². The molecule has 1 heteroatoms. The summed E-state index contributed by atoms with van der Waals surface area (Å²) in [6.07, 6.45) is 11.3. The van der Waals surface area contributed by atoms with Crippen LogP contribution in [0, 0.1) is 11.8 Å². The lowest BCUT2D eigenvalue weighted by atomic mass is 9.86. The van der Waals surface area contributed by atoms with E-state index in [-0.39, 0.29) is 0 Å². The molecule has 0 heterocycles. The van der Waals surface area contributed by atoms with Gasteiger partial charge in [0.1, 0.15) is 0 Å². The minimum Gasteiger partial charge on any atom is -0.328 e. The van der Waals surface area contributed by atoms with Crippen LogP contribution in [0.5, 0.6) is 0 Å². The Morgan fingerprint density at radius 2 is 1.50 bits per heavy atom. The Morgan fingerprint density at radius 1 is 0.929 bits per heavy atom. The Kier molecular flexibility index (Phi) is 5.54. The smallest absolute Gasteiger partial charge is 0.00387 e. The van der Waals surface area contributed by atoms with Crippen LogP contribution in [0.25, 0.3) is 0 Å². The van der Waals surface area contributed by atoms with Crippen molar-refractivity contribution in [2.75, 3.05) is 0 Å². The van der Waals surface area contributed by atoms with Gasteiger partial charge in [-0.25, -0.2) is 0 Å². The molecule has 0 aromatic rings. The molecular weight excluding hydrogens is 170 g/mol. The fourth-order valence-corrected chi connectivity index (χ4v) is 2.62. The molecule has 0 bridgehead atoms. The van der Waals surface area contributed by atoms with Crippen molar-refractivity contribution >= 4 is 0 Å². The molecular formula is C13H27N. The first-order chi connectivity index (χ1) is 6.70. The monoisotopic (exact) mass is 197 g/mol. The maximum Gasteiger partial charge on any atom is 0.00387 e. The van der Waals surface area contributed by atoms with Crippen LogP contribution in [0.3, 0.4) is 0 Å². The van der Waals surface area contributed by atoms with Crippen molar-refractivity contribution in [3.8, 4) is 0 Å². The Bertz CT molecular complexity index is 142. The molecule has 0 aromatic carbocycles. The fraction of sp³-hybridized carbons (Fsp3) is 1.00. The van der Waals surface area contributed by atoms with E-state index < -0.39 is 0 Å². The van der Waals surface area contributed by atoms with Gasteiger partial charge in [-0.1, -0.05) is 45.4 Å². The fourth-order valence-electron chi connectivity index (χ4n) is 2.62. The summed E-state index contributed by atoms with van der Waals surface area (Å²) in [6.45, 7) is 4.59. The predicted octanol–water partition coefficient (Wildman–Crippen LogP) is 3.72. The third-order valence-corrected chi connectivity index (χ3v) is 3.79. The maximum absolute atomic E-state index is 6.01. The predicted molar refractivity (Wildman–Crippen MR) is 63.2 cm³/mol.